The average molecular weight is 447 g/mol. The predicted octanol–water partition coefficient (Wildman–Crippen LogP) is 2.63. The van der Waals surface area contributed by atoms with Crippen molar-refractivity contribution >= 4 is 44.6 Å². The average Bonchev–Trinajstić information content (AvgIpc) is 3.22. The Kier molecular flexibility index (Phi) is 10.5. The number of amides is 2. The Hall–Kier alpha value is -1.45. The monoisotopic (exact) mass is 446 g/mol. The first kappa shape index (κ1) is 27.5. The van der Waals surface area contributed by atoms with Crippen molar-refractivity contribution in [3.63, 3.8) is 0 Å². The topological polar surface area (TPSA) is 88.8 Å². The van der Waals surface area contributed by atoms with Crippen molar-refractivity contribution in [3.8, 4) is 0 Å². The van der Waals surface area contributed by atoms with Crippen LogP contribution in [0.5, 0.6) is 0 Å². The zero-order valence-corrected chi connectivity index (χ0v) is 18.5. The smallest absolute Gasteiger partial charge is 0.255 e. The first-order valence-electron chi connectivity index (χ1n) is 9.04. The number of likely N-dealkylation sites (tertiary alicyclic amines) is 1. The van der Waals surface area contributed by atoms with Crippen molar-refractivity contribution < 1.29 is 23.5 Å². The molecule has 3 atom stereocenters. The molecule has 1 N–H and O–H groups in total. The van der Waals surface area contributed by atoms with Gasteiger partial charge in [0.05, 0.1) is 17.9 Å². The lowest BCUT2D eigenvalue weighted by atomic mass is 9.86. The number of piperidine rings is 1. The van der Waals surface area contributed by atoms with Crippen molar-refractivity contribution in [2.24, 2.45) is 5.41 Å². The van der Waals surface area contributed by atoms with E-state index in [1.165, 1.54) is 12.5 Å². The zero-order valence-electron chi connectivity index (χ0n) is 16.5. The van der Waals surface area contributed by atoms with E-state index in [9.17, 15) is 14.4 Å². The molecule has 0 spiro atoms. The molecule has 9 heteroatoms. The summed E-state index contributed by atoms with van der Waals surface area (Å²) in [5.74, 6) is -0.632. The Morgan fingerprint density at radius 2 is 2.00 bits per heavy atom. The molecule has 166 valence electrons. The third kappa shape index (κ3) is 6.52. The number of carbonyl (C=O) groups excluding carboxylic acids is 3. The summed E-state index contributed by atoms with van der Waals surface area (Å²) in [7, 11) is 0. The van der Waals surface area contributed by atoms with Gasteiger partial charge in [0.2, 0.25) is 5.91 Å². The molecule has 2 amide bonds. The fourth-order valence-electron chi connectivity index (χ4n) is 3.69. The fourth-order valence-corrected chi connectivity index (χ4v) is 3.69. The maximum absolute atomic E-state index is 13.2. The molecule has 0 aromatic carbocycles. The van der Waals surface area contributed by atoms with Gasteiger partial charge in [-0.2, -0.15) is 27.0 Å². The van der Waals surface area contributed by atoms with Crippen LogP contribution in [0.4, 0.5) is 0 Å². The predicted molar refractivity (Wildman–Crippen MR) is 121 cm³/mol. The third-order valence-electron chi connectivity index (χ3n) is 4.83. The first-order chi connectivity index (χ1) is 12.3. The largest absolute Gasteiger partial charge is 0.472 e. The number of ketones is 1. The molecule has 3 heterocycles. The second-order valence-electron chi connectivity index (χ2n) is 8.24. The van der Waals surface area contributed by atoms with Crippen LogP contribution in [0.25, 0.3) is 0 Å². The third-order valence-corrected chi connectivity index (χ3v) is 4.83. The van der Waals surface area contributed by atoms with E-state index < -0.39 is 12.1 Å². The number of hydrogen-bond acceptors (Lipinski definition) is 5. The highest BCUT2D eigenvalue weighted by Gasteiger charge is 2.46. The Balaban J connectivity index is 0.00000261. The lowest BCUT2D eigenvalue weighted by molar-refractivity contribution is -0.143. The number of carbonyl (C=O) groups is 3. The van der Waals surface area contributed by atoms with Gasteiger partial charge < -0.3 is 19.4 Å². The quantitative estimate of drug-likeness (QED) is 0.768. The molecule has 0 saturated carbocycles. The Bertz CT molecular complexity index is 688. The van der Waals surface area contributed by atoms with Crippen LogP contribution in [0.15, 0.2) is 23.0 Å². The second-order valence-corrected chi connectivity index (χ2v) is 8.24. The van der Waals surface area contributed by atoms with Gasteiger partial charge in [-0.3, -0.25) is 14.4 Å². The number of furan rings is 1. The summed E-state index contributed by atoms with van der Waals surface area (Å²) < 4.78 is 10.5. The molecule has 0 aliphatic carbocycles. The number of ether oxygens (including phenoxy) is 1. The lowest BCUT2D eigenvalue weighted by Crippen LogP contribution is -2.58. The highest BCUT2D eigenvalue weighted by Crippen LogP contribution is 2.29. The van der Waals surface area contributed by atoms with Gasteiger partial charge in [-0.1, -0.05) is 28.2 Å². The van der Waals surface area contributed by atoms with Gasteiger partial charge in [-0.25, -0.2) is 0 Å². The molecule has 0 unspecified atom stereocenters. The summed E-state index contributed by atoms with van der Waals surface area (Å²) in [6, 6.07) is 0.327. The van der Waals surface area contributed by atoms with Crippen LogP contribution < -0.4 is 5.32 Å². The van der Waals surface area contributed by atoms with E-state index in [2.05, 4.69) is 5.32 Å². The molecule has 29 heavy (non-hydrogen) atoms. The molecule has 2 saturated heterocycles. The molecule has 2 aliphatic heterocycles. The highest BCUT2D eigenvalue weighted by molar-refractivity contribution is 7.59. The molecule has 2 fully saturated rings. The molecule has 1 aromatic heterocycles. The van der Waals surface area contributed by atoms with Crippen LogP contribution in [0, 0.1) is 5.41 Å². The molecule has 7 nitrogen and oxygen atoms in total. The van der Waals surface area contributed by atoms with E-state index in [0.717, 1.165) is 12.8 Å². The fraction of sp³-hybridized carbons (Fsp3) is 0.650. The summed E-state index contributed by atoms with van der Waals surface area (Å²) in [4.78, 5) is 39.5. The van der Waals surface area contributed by atoms with E-state index in [-0.39, 0.29) is 70.1 Å². The number of nitrogens with zero attached hydrogens (tertiary/aromatic N) is 1. The van der Waals surface area contributed by atoms with Crippen LogP contribution in [-0.4, -0.2) is 53.8 Å². The van der Waals surface area contributed by atoms with Gasteiger partial charge in [-0.05, 0) is 30.7 Å². The van der Waals surface area contributed by atoms with Crippen molar-refractivity contribution in [1.29, 1.82) is 0 Å². The molecule has 0 radical (unpaired) electrons. The van der Waals surface area contributed by atoms with E-state index in [4.69, 9.17) is 9.15 Å². The summed E-state index contributed by atoms with van der Waals surface area (Å²) in [5, 5.41) is 2.83. The standard InChI is InChI=1S/C19H26N2O5.CH4.2H2S/c1-19(2,3)9-13(20-17(23)12-6-8-25-10-12)18(24)21-7-4-5-15-16(21)14(22)11-26-15;;;/h6,8,10,13,15-16H,4-5,7,9,11H2,1-3H3,(H,20,23);1H4;2*1H2/t13-,15-,16-;;;/m0.../s1. The number of rotatable bonds is 4. The number of fused-ring (bicyclic) bond motifs is 1. The van der Waals surface area contributed by atoms with Gasteiger partial charge in [0, 0.05) is 6.54 Å². The van der Waals surface area contributed by atoms with Crippen LogP contribution in [0.2, 0.25) is 0 Å². The van der Waals surface area contributed by atoms with Gasteiger partial charge in [0.15, 0.2) is 5.78 Å². The van der Waals surface area contributed by atoms with E-state index in [0.29, 0.717) is 18.5 Å². The minimum Gasteiger partial charge on any atom is -0.472 e. The lowest BCUT2D eigenvalue weighted by Gasteiger charge is -2.38. The highest BCUT2D eigenvalue weighted by atomic mass is 32.1. The van der Waals surface area contributed by atoms with Crippen molar-refractivity contribution in [2.45, 2.75) is 65.6 Å². The van der Waals surface area contributed by atoms with Crippen LogP contribution in [0.1, 0.15) is 57.8 Å². The molecule has 2 aliphatic rings. The van der Waals surface area contributed by atoms with Gasteiger partial charge in [-0.15, -0.1) is 0 Å². The van der Waals surface area contributed by atoms with Crippen molar-refractivity contribution in [2.75, 3.05) is 13.2 Å². The molecule has 1 aromatic rings. The summed E-state index contributed by atoms with van der Waals surface area (Å²) in [5.41, 5.74) is 0.198. The van der Waals surface area contributed by atoms with Crippen LogP contribution >= 0.6 is 27.0 Å². The summed E-state index contributed by atoms with van der Waals surface area (Å²) in [6.07, 6.45) is 4.58. The van der Waals surface area contributed by atoms with E-state index in [1.54, 1.807) is 11.0 Å². The Labute approximate surface area is 186 Å². The molecular formula is C20H34N2O5S2. The van der Waals surface area contributed by atoms with Gasteiger partial charge >= 0.3 is 0 Å². The van der Waals surface area contributed by atoms with Gasteiger partial charge in [0.1, 0.15) is 25.0 Å². The zero-order chi connectivity index (χ0) is 18.9. The Morgan fingerprint density at radius 1 is 1.31 bits per heavy atom. The summed E-state index contributed by atoms with van der Waals surface area (Å²) in [6.45, 7) is 6.61. The second kappa shape index (κ2) is 11.1. The number of Topliss-reactive ketones (excluding diaryl/α,β-unsaturated/α-hetero) is 1. The first-order valence-corrected chi connectivity index (χ1v) is 9.04. The normalized spacial score (nSPS) is 21.8. The SMILES string of the molecule is C.CC(C)(C)C[C@H](NC(=O)c1ccoc1)C(=O)N1CCC[C@@H]2OCC(=O)[C@@H]21.S.S. The summed E-state index contributed by atoms with van der Waals surface area (Å²) >= 11 is 0. The number of nitrogens with one attached hydrogen (secondary N) is 1. The number of hydrogen-bond donors (Lipinski definition) is 1. The minimum atomic E-state index is -0.704. The van der Waals surface area contributed by atoms with Crippen LogP contribution in [0.3, 0.4) is 0 Å². The maximum Gasteiger partial charge on any atom is 0.255 e. The molecular weight excluding hydrogens is 412 g/mol. The van der Waals surface area contributed by atoms with E-state index in [1.807, 2.05) is 20.8 Å². The maximum atomic E-state index is 13.2. The molecule has 3 rings (SSSR count). The van der Waals surface area contributed by atoms with Crippen molar-refractivity contribution in [3.05, 3.63) is 24.2 Å². The van der Waals surface area contributed by atoms with Gasteiger partial charge in [0.25, 0.3) is 5.91 Å². The molecule has 0 bridgehead atoms. The van der Waals surface area contributed by atoms with E-state index >= 15 is 0 Å². The van der Waals surface area contributed by atoms with Crippen LogP contribution in [-0.2, 0) is 14.3 Å². The minimum absolute atomic E-state index is 0. The Morgan fingerprint density at radius 3 is 2.59 bits per heavy atom. The van der Waals surface area contributed by atoms with Crippen molar-refractivity contribution in [1.82, 2.24) is 10.2 Å².